The minimum atomic E-state index is -0.631. The van der Waals surface area contributed by atoms with Gasteiger partial charge in [-0.1, -0.05) is 46.3 Å². The smallest absolute Gasteiger partial charge is 0.151 e. The number of halogens is 1. The maximum atomic E-state index is 9.92. The molecule has 3 heteroatoms. The largest absolute Gasteiger partial charge is 0.364 e. The van der Waals surface area contributed by atoms with Crippen molar-refractivity contribution in [2.24, 2.45) is 0 Å². The van der Waals surface area contributed by atoms with E-state index in [1.807, 2.05) is 30.3 Å². The molecule has 2 aromatic rings. The molecule has 1 atom stereocenters. The molecule has 0 heterocycles. The summed E-state index contributed by atoms with van der Waals surface area (Å²) in [6.45, 7) is 0. The van der Waals surface area contributed by atoms with E-state index in [0.29, 0.717) is 0 Å². The number of benzene rings is 2. The van der Waals surface area contributed by atoms with E-state index in [0.717, 1.165) is 41.4 Å². The zero-order valence-electron chi connectivity index (χ0n) is 11.8. The summed E-state index contributed by atoms with van der Waals surface area (Å²) in [4.78, 5) is 0. The van der Waals surface area contributed by atoms with E-state index in [1.54, 1.807) is 0 Å². The first kappa shape index (κ1) is 14.2. The lowest BCUT2D eigenvalue weighted by atomic mass is 9.85. The van der Waals surface area contributed by atoms with E-state index in [-0.39, 0.29) is 0 Å². The second-order valence-electron chi connectivity index (χ2n) is 5.52. The van der Waals surface area contributed by atoms with Gasteiger partial charge in [0.2, 0.25) is 0 Å². The van der Waals surface area contributed by atoms with Gasteiger partial charge in [-0.3, -0.25) is 0 Å². The Morgan fingerprint density at radius 3 is 2.76 bits per heavy atom. The highest BCUT2D eigenvalue weighted by molar-refractivity contribution is 9.10. The van der Waals surface area contributed by atoms with E-state index in [9.17, 15) is 5.26 Å². The summed E-state index contributed by atoms with van der Waals surface area (Å²) in [5, 5.41) is 13.4. The zero-order valence-corrected chi connectivity index (χ0v) is 13.4. The molecule has 1 unspecified atom stereocenters. The lowest BCUT2D eigenvalue weighted by Crippen LogP contribution is -2.34. The molecular formula is C18H17BrN2. The van der Waals surface area contributed by atoms with Crippen molar-refractivity contribution in [2.75, 3.05) is 5.32 Å². The Labute approximate surface area is 133 Å². The number of hydrogen-bond donors (Lipinski definition) is 1. The second-order valence-corrected chi connectivity index (χ2v) is 6.43. The number of anilines is 1. The number of fused-ring (bicyclic) bond motifs is 1. The molecule has 0 spiro atoms. The number of nitrogens with one attached hydrogen (secondary N) is 1. The molecule has 0 saturated carbocycles. The molecular weight excluding hydrogens is 324 g/mol. The van der Waals surface area contributed by atoms with Crippen molar-refractivity contribution < 1.29 is 0 Å². The summed E-state index contributed by atoms with van der Waals surface area (Å²) < 4.78 is 1.02. The van der Waals surface area contributed by atoms with Crippen molar-refractivity contribution in [1.29, 1.82) is 5.26 Å². The molecule has 1 aliphatic carbocycles. The number of nitrogens with zero attached hydrogens (tertiary/aromatic N) is 1. The summed E-state index contributed by atoms with van der Waals surface area (Å²) in [6.07, 6.45) is 4.09. The van der Waals surface area contributed by atoms with Crippen LogP contribution in [0, 0.1) is 11.3 Å². The lowest BCUT2D eigenvalue weighted by molar-refractivity contribution is 0.547. The Morgan fingerprint density at radius 1 is 1.10 bits per heavy atom. The molecule has 0 amide bonds. The van der Waals surface area contributed by atoms with Crippen molar-refractivity contribution in [3.8, 4) is 6.07 Å². The van der Waals surface area contributed by atoms with Crippen LogP contribution in [-0.4, -0.2) is 0 Å². The van der Waals surface area contributed by atoms with Crippen LogP contribution in [-0.2, 0) is 12.0 Å². The van der Waals surface area contributed by atoms with E-state index in [4.69, 9.17) is 0 Å². The summed E-state index contributed by atoms with van der Waals surface area (Å²) in [7, 11) is 0. The lowest BCUT2D eigenvalue weighted by Gasteiger charge is -2.30. The molecule has 1 N–H and O–H groups in total. The Balaban J connectivity index is 2.05. The summed E-state index contributed by atoms with van der Waals surface area (Å²) in [5.74, 6) is 0. The second kappa shape index (κ2) is 5.91. The van der Waals surface area contributed by atoms with Crippen molar-refractivity contribution >= 4 is 21.6 Å². The first-order valence-corrected chi connectivity index (χ1v) is 8.06. The Morgan fingerprint density at radius 2 is 1.95 bits per heavy atom. The fraction of sp³-hybridized carbons (Fsp3) is 0.278. The van der Waals surface area contributed by atoms with Crippen LogP contribution in [0.2, 0.25) is 0 Å². The summed E-state index contributed by atoms with van der Waals surface area (Å²) >= 11 is 3.49. The van der Waals surface area contributed by atoms with Crippen LogP contribution in [0.1, 0.15) is 30.4 Å². The third kappa shape index (κ3) is 2.82. The monoisotopic (exact) mass is 340 g/mol. The fourth-order valence-corrected chi connectivity index (χ4v) is 3.48. The third-order valence-corrected chi connectivity index (χ3v) is 4.59. The van der Waals surface area contributed by atoms with Crippen LogP contribution in [0.15, 0.2) is 53.0 Å². The number of nitriles is 1. The Kier molecular flexibility index (Phi) is 3.98. The Hall–Kier alpha value is -1.79. The summed E-state index contributed by atoms with van der Waals surface area (Å²) in [5.41, 5.74) is 2.76. The molecule has 1 aliphatic rings. The van der Waals surface area contributed by atoms with Crippen LogP contribution in [0.3, 0.4) is 0 Å². The highest BCUT2D eigenvalue weighted by Crippen LogP contribution is 2.37. The number of hydrogen-bond acceptors (Lipinski definition) is 2. The first-order valence-electron chi connectivity index (χ1n) is 7.27. The predicted octanol–water partition coefficient (Wildman–Crippen LogP) is 5.01. The highest BCUT2D eigenvalue weighted by Gasteiger charge is 2.35. The van der Waals surface area contributed by atoms with Gasteiger partial charge in [0.1, 0.15) is 0 Å². The molecule has 0 aliphatic heterocycles. The minimum Gasteiger partial charge on any atom is -0.364 e. The molecule has 106 valence electrons. The van der Waals surface area contributed by atoms with E-state index < -0.39 is 5.54 Å². The zero-order chi connectivity index (χ0) is 14.7. The van der Waals surface area contributed by atoms with Gasteiger partial charge in [0.25, 0.3) is 0 Å². The van der Waals surface area contributed by atoms with Gasteiger partial charge in [0.05, 0.1) is 6.07 Å². The van der Waals surface area contributed by atoms with Crippen LogP contribution in [0.4, 0.5) is 5.69 Å². The van der Waals surface area contributed by atoms with E-state index in [2.05, 4.69) is 45.5 Å². The van der Waals surface area contributed by atoms with Crippen LogP contribution < -0.4 is 5.32 Å². The molecule has 0 saturated heterocycles. The van der Waals surface area contributed by atoms with Gasteiger partial charge in [-0.05, 0) is 55.0 Å². The molecule has 3 rings (SSSR count). The standard InChI is InChI=1S/C18H17BrN2/c19-15-8-5-9-16(12-15)21-18(13-20)11-4-3-7-14-6-1-2-10-17(14)18/h1-2,5-6,8-10,12,21H,3-4,7,11H2. The number of rotatable bonds is 2. The third-order valence-electron chi connectivity index (χ3n) is 4.10. The van der Waals surface area contributed by atoms with Crippen LogP contribution >= 0.6 is 15.9 Å². The normalized spacial score (nSPS) is 21.0. The molecule has 21 heavy (non-hydrogen) atoms. The number of aryl methyl sites for hydroxylation is 1. The molecule has 0 bridgehead atoms. The van der Waals surface area contributed by atoms with Gasteiger partial charge >= 0.3 is 0 Å². The first-order chi connectivity index (χ1) is 10.2. The van der Waals surface area contributed by atoms with Crippen molar-refractivity contribution in [3.05, 3.63) is 64.1 Å². The van der Waals surface area contributed by atoms with Gasteiger partial charge in [0, 0.05) is 10.2 Å². The van der Waals surface area contributed by atoms with Crippen LogP contribution in [0.5, 0.6) is 0 Å². The fourth-order valence-electron chi connectivity index (χ4n) is 3.08. The van der Waals surface area contributed by atoms with Crippen molar-refractivity contribution in [3.63, 3.8) is 0 Å². The maximum absolute atomic E-state index is 9.92. The van der Waals surface area contributed by atoms with Crippen molar-refractivity contribution in [2.45, 2.75) is 31.2 Å². The average molecular weight is 341 g/mol. The average Bonchev–Trinajstić information content (AvgIpc) is 2.68. The topological polar surface area (TPSA) is 35.8 Å². The van der Waals surface area contributed by atoms with E-state index in [1.165, 1.54) is 5.56 Å². The van der Waals surface area contributed by atoms with Crippen LogP contribution in [0.25, 0.3) is 0 Å². The van der Waals surface area contributed by atoms with Crippen molar-refractivity contribution in [1.82, 2.24) is 0 Å². The molecule has 0 aromatic heterocycles. The van der Waals surface area contributed by atoms with Gasteiger partial charge in [0.15, 0.2) is 5.54 Å². The maximum Gasteiger partial charge on any atom is 0.151 e. The van der Waals surface area contributed by atoms with Gasteiger partial charge < -0.3 is 5.32 Å². The summed E-state index contributed by atoms with van der Waals surface area (Å²) in [6, 6.07) is 18.9. The molecule has 0 fully saturated rings. The highest BCUT2D eigenvalue weighted by atomic mass is 79.9. The Bertz CT molecular complexity index is 690. The SMILES string of the molecule is N#CC1(Nc2cccc(Br)c2)CCCCc2ccccc21. The van der Waals surface area contributed by atoms with Gasteiger partial charge in [-0.15, -0.1) is 0 Å². The van der Waals surface area contributed by atoms with Gasteiger partial charge in [-0.2, -0.15) is 5.26 Å². The molecule has 2 aromatic carbocycles. The quantitative estimate of drug-likeness (QED) is 0.780. The van der Waals surface area contributed by atoms with E-state index >= 15 is 0 Å². The predicted molar refractivity (Wildman–Crippen MR) is 89.1 cm³/mol. The minimum absolute atomic E-state index is 0.631. The van der Waals surface area contributed by atoms with Gasteiger partial charge in [-0.25, -0.2) is 0 Å². The molecule has 0 radical (unpaired) electrons. The molecule has 2 nitrogen and oxygen atoms in total.